The van der Waals surface area contributed by atoms with Crippen LogP contribution in [0.15, 0.2) is 24.3 Å². The number of nitrogens with one attached hydrogen (secondary N) is 1. The van der Waals surface area contributed by atoms with Gasteiger partial charge in [-0.05, 0) is 50.4 Å². The lowest BCUT2D eigenvalue weighted by Gasteiger charge is -2.31. The monoisotopic (exact) mass is 233 g/mol. The molecule has 2 nitrogen and oxygen atoms in total. The largest absolute Gasteiger partial charge is 0.494 e. The predicted octanol–water partition coefficient (Wildman–Crippen LogP) is 3.33. The van der Waals surface area contributed by atoms with Crippen molar-refractivity contribution in [2.75, 3.05) is 13.7 Å². The molecule has 1 saturated carbocycles. The Labute approximate surface area is 104 Å². The van der Waals surface area contributed by atoms with Crippen LogP contribution in [0.5, 0.6) is 5.75 Å². The van der Waals surface area contributed by atoms with Crippen molar-refractivity contribution in [2.45, 2.75) is 44.6 Å². The molecule has 2 heteroatoms. The Balaban J connectivity index is 2.09. The third kappa shape index (κ3) is 3.01. The van der Waals surface area contributed by atoms with E-state index in [9.17, 15) is 0 Å². The van der Waals surface area contributed by atoms with Gasteiger partial charge >= 0.3 is 0 Å². The van der Waals surface area contributed by atoms with Gasteiger partial charge in [0.2, 0.25) is 0 Å². The summed E-state index contributed by atoms with van der Waals surface area (Å²) in [5, 5.41) is 3.46. The highest BCUT2D eigenvalue weighted by molar-refractivity contribution is 5.30. The molecule has 2 atom stereocenters. The quantitative estimate of drug-likeness (QED) is 0.861. The van der Waals surface area contributed by atoms with Gasteiger partial charge in [-0.2, -0.15) is 0 Å². The summed E-state index contributed by atoms with van der Waals surface area (Å²) in [5.41, 5.74) is 1.45. The molecule has 1 aromatic carbocycles. The summed E-state index contributed by atoms with van der Waals surface area (Å²) in [6, 6.07) is 9.29. The molecule has 2 rings (SSSR count). The summed E-state index contributed by atoms with van der Waals surface area (Å²) in [6.45, 7) is 2.76. The van der Waals surface area contributed by atoms with Crippen molar-refractivity contribution in [1.29, 1.82) is 0 Å². The van der Waals surface area contributed by atoms with Gasteiger partial charge in [-0.1, -0.05) is 25.0 Å². The minimum atomic E-state index is 0.640. The normalized spacial score (nSPS) is 24.6. The lowest BCUT2D eigenvalue weighted by Crippen LogP contribution is -2.34. The zero-order valence-electron chi connectivity index (χ0n) is 10.9. The van der Waals surface area contributed by atoms with Gasteiger partial charge in [-0.25, -0.2) is 0 Å². The Morgan fingerprint density at radius 2 is 1.88 bits per heavy atom. The van der Waals surface area contributed by atoms with E-state index in [0.717, 1.165) is 12.4 Å². The highest BCUT2D eigenvalue weighted by Gasteiger charge is 2.24. The van der Waals surface area contributed by atoms with Crippen LogP contribution in [0.1, 0.15) is 44.1 Å². The first-order valence-electron chi connectivity index (χ1n) is 6.75. The minimum Gasteiger partial charge on any atom is -0.494 e. The number of likely N-dealkylation sites (N-methyl/N-ethyl adjacent to an activating group) is 1. The third-order valence-electron chi connectivity index (χ3n) is 3.76. The van der Waals surface area contributed by atoms with E-state index >= 15 is 0 Å². The molecule has 0 spiro atoms. The van der Waals surface area contributed by atoms with E-state index in [1.165, 1.54) is 31.2 Å². The maximum Gasteiger partial charge on any atom is 0.119 e. The summed E-state index contributed by atoms with van der Waals surface area (Å²) < 4.78 is 5.49. The van der Waals surface area contributed by atoms with Gasteiger partial charge in [0, 0.05) is 6.04 Å². The number of rotatable bonds is 4. The Kier molecular flexibility index (Phi) is 4.43. The van der Waals surface area contributed by atoms with Crippen LogP contribution in [0.25, 0.3) is 0 Å². The van der Waals surface area contributed by atoms with Crippen molar-refractivity contribution in [2.24, 2.45) is 0 Å². The minimum absolute atomic E-state index is 0.640. The molecule has 0 heterocycles. The van der Waals surface area contributed by atoms with Crippen LogP contribution in [0, 0.1) is 0 Å². The van der Waals surface area contributed by atoms with E-state index in [0.29, 0.717) is 12.0 Å². The van der Waals surface area contributed by atoms with Crippen LogP contribution in [0.4, 0.5) is 0 Å². The van der Waals surface area contributed by atoms with Gasteiger partial charge in [0.05, 0.1) is 6.61 Å². The molecule has 1 aromatic rings. The van der Waals surface area contributed by atoms with E-state index in [1.54, 1.807) is 0 Å². The molecular formula is C15H23NO. The maximum atomic E-state index is 5.49. The summed E-state index contributed by atoms with van der Waals surface area (Å²) >= 11 is 0. The third-order valence-corrected chi connectivity index (χ3v) is 3.76. The lowest BCUT2D eigenvalue weighted by atomic mass is 9.80. The molecular weight excluding hydrogens is 210 g/mol. The molecule has 0 aliphatic heterocycles. The van der Waals surface area contributed by atoms with Crippen molar-refractivity contribution in [3.63, 3.8) is 0 Å². The SMILES string of the molecule is CCOc1ccc(C2CCCCC2NC)cc1. The summed E-state index contributed by atoms with van der Waals surface area (Å²) in [7, 11) is 2.08. The second kappa shape index (κ2) is 6.06. The first kappa shape index (κ1) is 12.4. The van der Waals surface area contributed by atoms with Gasteiger partial charge in [-0.3, -0.25) is 0 Å². The predicted molar refractivity (Wildman–Crippen MR) is 71.7 cm³/mol. The number of benzene rings is 1. The van der Waals surface area contributed by atoms with Crippen LogP contribution >= 0.6 is 0 Å². The summed E-state index contributed by atoms with van der Waals surface area (Å²) in [4.78, 5) is 0. The molecule has 17 heavy (non-hydrogen) atoms. The van der Waals surface area contributed by atoms with Gasteiger partial charge in [0.15, 0.2) is 0 Å². The molecule has 0 radical (unpaired) electrons. The Bertz CT molecular complexity index is 333. The van der Waals surface area contributed by atoms with Crippen molar-refractivity contribution in [1.82, 2.24) is 5.32 Å². The molecule has 2 unspecified atom stereocenters. The average molecular weight is 233 g/mol. The fraction of sp³-hybridized carbons (Fsp3) is 0.600. The second-order valence-corrected chi connectivity index (χ2v) is 4.79. The van der Waals surface area contributed by atoms with Crippen molar-refractivity contribution < 1.29 is 4.74 Å². The van der Waals surface area contributed by atoms with Crippen LogP contribution in [-0.4, -0.2) is 19.7 Å². The van der Waals surface area contributed by atoms with Crippen molar-refractivity contribution >= 4 is 0 Å². The highest BCUT2D eigenvalue weighted by Crippen LogP contribution is 2.33. The maximum absolute atomic E-state index is 5.49. The number of ether oxygens (including phenoxy) is 1. The first-order valence-corrected chi connectivity index (χ1v) is 6.75. The van der Waals surface area contributed by atoms with E-state index < -0.39 is 0 Å². The number of hydrogen-bond donors (Lipinski definition) is 1. The van der Waals surface area contributed by atoms with Gasteiger partial charge < -0.3 is 10.1 Å². The van der Waals surface area contributed by atoms with Gasteiger partial charge in [0.1, 0.15) is 5.75 Å². The van der Waals surface area contributed by atoms with Crippen LogP contribution in [0.2, 0.25) is 0 Å². The van der Waals surface area contributed by atoms with Crippen LogP contribution < -0.4 is 10.1 Å². The Morgan fingerprint density at radius 1 is 1.18 bits per heavy atom. The van der Waals surface area contributed by atoms with E-state index in [2.05, 4.69) is 36.6 Å². The molecule has 0 bridgehead atoms. The molecule has 1 N–H and O–H groups in total. The standard InChI is InChI=1S/C15H23NO/c1-3-17-13-10-8-12(9-11-13)14-6-4-5-7-15(14)16-2/h8-11,14-16H,3-7H2,1-2H3. The molecule has 0 aromatic heterocycles. The van der Waals surface area contributed by atoms with Gasteiger partial charge in [-0.15, -0.1) is 0 Å². The van der Waals surface area contributed by atoms with E-state index in [4.69, 9.17) is 4.74 Å². The molecule has 1 fully saturated rings. The molecule has 0 amide bonds. The van der Waals surface area contributed by atoms with Crippen LogP contribution in [-0.2, 0) is 0 Å². The fourth-order valence-corrected chi connectivity index (χ4v) is 2.85. The number of hydrogen-bond acceptors (Lipinski definition) is 2. The Hall–Kier alpha value is -1.02. The van der Waals surface area contributed by atoms with Crippen molar-refractivity contribution in [3.05, 3.63) is 29.8 Å². The Morgan fingerprint density at radius 3 is 2.53 bits per heavy atom. The lowest BCUT2D eigenvalue weighted by molar-refractivity contribution is 0.336. The zero-order valence-corrected chi connectivity index (χ0v) is 10.9. The zero-order chi connectivity index (χ0) is 12.1. The van der Waals surface area contributed by atoms with Crippen LogP contribution in [0.3, 0.4) is 0 Å². The molecule has 94 valence electrons. The smallest absolute Gasteiger partial charge is 0.119 e. The first-order chi connectivity index (χ1) is 8.35. The second-order valence-electron chi connectivity index (χ2n) is 4.79. The summed E-state index contributed by atoms with van der Waals surface area (Å²) in [6.07, 6.45) is 5.32. The highest BCUT2D eigenvalue weighted by atomic mass is 16.5. The molecule has 1 aliphatic rings. The summed E-state index contributed by atoms with van der Waals surface area (Å²) in [5.74, 6) is 1.65. The van der Waals surface area contributed by atoms with Gasteiger partial charge in [0.25, 0.3) is 0 Å². The van der Waals surface area contributed by atoms with Crippen molar-refractivity contribution in [3.8, 4) is 5.75 Å². The topological polar surface area (TPSA) is 21.3 Å². The van der Waals surface area contributed by atoms with E-state index in [1.807, 2.05) is 6.92 Å². The fourth-order valence-electron chi connectivity index (χ4n) is 2.85. The molecule has 0 saturated heterocycles. The average Bonchev–Trinajstić information content (AvgIpc) is 2.40. The van der Waals surface area contributed by atoms with E-state index in [-0.39, 0.29) is 0 Å². The molecule has 1 aliphatic carbocycles.